The predicted molar refractivity (Wildman–Crippen MR) is 46.6 cm³/mol. The summed E-state index contributed by atoms with van der Waals surface area (Å²) in [6.07, 6.45) is -1.70. The number of aryl methyl sites for hydroxylation is 1. The fourth-order valence-electron chi connectivity index (χ4n) is 1.05. The minimum atomic E-state index is -2.46. The van der Waals surface area contributed by atoms with Crippen LogP contribution in [0.3, 0.4) is 0 Å². The van der Waals surface area contributed by atoms with Crippen molar-refractivity contribution in [2.75, 3.05) is 0 Å². The molecule has 0 amide bonds. The first-order valence-corrected chi connectivity index (χ1v) is 4.64. The predicted octanol–water partition coefficient (Wildman–Crippen LogP) is 2.58. The molecule has 4 heteroatoms. The Hall–Kier alpha value is -0.480. The third-order valence-corrected chi connectivity index (χ3v) is 2.80. The van der Waals surface area contributed by atoms with Crippen LogP contribution in [0, 0.1) is 0 Å². The Morgan fingerprint density at radius 1 is 1.58 bits per heavy atom. The van der Waals surface area contributed by atoms with Crippen LogP contribution in [0.5, 0.6) is 0 Å². The van der Waals surface area contributed by atoms with Gasteiger partial charge in [0.15, 0.2) is 0 Å². The van der Waals surface area contributed by atoms with Crippen LogP contribution in [0.2, 0.25) is 0 Å². The summed E-state index contributed by atoms with van der Waals surface area (Å²) in [5, 5.41) is 1.80. The van der Waals surface area contributed by atoms with Gasteiger partial charge in [0, 0.05) is 4.88 Å². The van der Waals surface area contributed by atoms with Gasteiger partial charge in [0.2, 0.25) is 0 Å². The second-order valence-corrected chi connectivity index (χ2v) is 3.47. The first kappa shape index (κ1) is 9.61. The SMILES string of the molecule is CCc1ccsc1C(N)C(F)F. The van der Waals surface area contributed by atoms with Crippen LogP contribution >= 0.6 is 11.3 Å². The molecule has 1 aromatic heterocycles. The minimum absolute atomic E-state index is 0.618. The molecular formula is C8H11F2NS. The number of nitrogens with two attached hydrogens (primary N) is 1. The standard InChI is InChI=1S/C8H11F2NS/c1-2-5-3-4-12-7(5)6(11)8(9)10/h3-4,6,8H,2,11H2,1H3. The Kier molecular flexibility index (Phi) is 3.17. The highest BCUT2D eigenvalue weighted by Crippen LogP contribution is 2.27. The van der Waals surface area contributed by atoms with Crippen molar-refractivity contribution in [1.29, 1.82) is 0 Å². The lowest BCUT2D eigenvalue weighted by atomic mass is 10.1. The minimum Gasteiger partial charge on any atom is -0.319 e. The molecule has 12 heavy (non-hydrogen) atoms. The fourth-order valence-corrected chi connectivity index (χ4v) is 2.05. The van der Waals surface area contributed by atoms with Gasteiger partial charge in [-0.3, -0.25) is 0 Å². The second kappa shape index (κ2) is 3.96. The quantitative estimate of drug-likeness (QED) is 0.780. The molecule has 1 atom stereocenters. The molecule has 0 radical (unpaired) electrons. The number of rotatable bonds is 3. The van der Waals surface area contributed by atoms with Gasteiger partial charge in [-0.1, -0.05) is 6.92 Å². The molecule has 1 unspecified atom stereocenters. The smallest absolute Gasteiger partial charge is 0.258 e. The van der Waals surface area contributed by atoms with E-state index in [0.717, 1.165) is 12.0 Å². The molecule has 0 aliphatic rings. The fraction of sp³-hybridized carbons (Fsp3) is 0.500. The van der Waals surface area contributed by atoms with Crippen molar-refractivity contribution in [3.63, 3.8) is 0 Å². The third-order valence-electron chi connectivity index (χ3n) is 1.74. The summed E-state index contributed by atoms with van der Waals surface area (Å²) in [6, 6.07) is 0.738. The zero-order valence-corrected chi connectivity index (χ0v) is 7.57. The van der Waals surface area contributed by atoms with E-state index in [9.17, 15) is 8.78 Å². The molecule has 0 spiro atoms. The molecule has 68 valence electrons. The van der Waals surface area contributed by atoms with Gasteiger partial charge < -0.3 is 5.73 Å². The Morgan fingerprint density at radius 3 is 2.75 bits per heavy atom. The van der Waals surface area contributed by atoms with Crippen molar-refractivity contribution >= 4 is 11.3 Å². The largest absolute Gasteiger partial charge is 0.319 e. The van der Waals surface area contributed by atoms with Gasteiger partial charge in [-0.15, -0.1) is 11.3 Å². The molecule has 0 saturated heterocycles. The molecule has 1 nitrogen and oxygen atoms in total. The Morgan fingerprint density at radius 2 is 2.25 bits per heavy atom. The molecule has 0 aliphatic carbocycles. The Labute approximate surface area is 74.2 Å². The Balaban J connectivity index is 2.86. The van der Waals surface area contributed by atoms with E-state index in [-0.39, 0.29) is 0 Å². The average molecular weight is 191 g/mol. The third kappa shape index (κ3) is 1.81. The van der Waals surface area contributed by atoms with Crippen molar-refractivity contribution in [3.05, 3.63) is 21.9 Å². The molecule has 0 saturated carbocycles. The molecule has 0 aliphatic heterocycles. The number of hydrogen-bond acceptors (Lipinski definition) is 2. The highest BCUT2D eigenvalue weighted by atomic mass is 32.1. The number of thiophene rings is 1. The van der Waals surface area contributed by atoms with Crippen molar-refractivity contribution in [3.8, 4) is 0 Å². The maximum atomic E-state index is 12.2. The summed E-state index contributed by atoms with van der Waals surface area (Å²) in [6.45, 7) is 1.93. The van der Waals surface area contributed by atoms with E-state index >= 15 is 0 Å². The van der Waals surface area contributed by atoms with Crippen LogP contribution in [0.1, 0.15) is 23.4 Å². The van der Waals surface area contributed by atoms with E-state index < -0.39 is 12.5 Å². The van der Waals surface area contributed by atoms with Crippen molar-refractivity contribution < 1.29 is 8.78 Å². The summed E-state index contributed by atoms with van der Waals surface area (Å²) < 4.78 is 24.4. The topological polar surface area (TPSA) is 26.0 Å². The summed E-state index contributed by atoms with van der Waals surface area (Å²) in [7, 11) is 0. The zero-order chi connectivity index (χ0) is 9.14. The Bertz CT molecular complexity index is 247. The van der Waals surface area contributed by atoms with E-state index in [4.69, 9.17) is 5.73 Å². The van der Waals surface area contributed by atoms with Crippen molar-refractivity contribution in [1.82, 2.24) is 0 Å². The summed E-state index contributed by atoms with van der Waals surface area (Å²) >= 11 is 1.31. The van der Waals surface area contributed by atoms with E-state index in [1.165, 1.54) is 11.3 Å². The number of halogens is 2. The van der Waals surface area contributed by atoms with Crippen LogP contribution in [0.25, 0.3) is 0 Å². The summed E-state index contributed by atoms with van der Waals surface area (Å²) in [5.74, 6) is 0. The van der Waals surface area contributed by atoms with E-state index in [0.29, 0.717) is 4.88 Å². The highest BCUT2D eigenvalue weighted by molar-refractivity contribution is 7.10. The number of hydrogen-bond donors (Lipinski definition) is 1. The highest BCUT2D eigenvalue weighted by Gasteiger charge is 2.20. The second-order valence-electron chi connectivity index (χ2n) is 2.52. The van der Waals surface area contributed by atoms with Gasteiger partial charge in [-0.05, 0) is 23.4 Å². The van der Waals surface area contributed by atoms with Gasteiger partial charge in [0.1, 0.15) is 6.04 Å². The van der Waals surface area contributed by atoms with Gasteiger partial charge in [0.25, 0.3) is 6.43 Å². The normalized spacial score (nSPS) is 13.8. The first-order chi connectivity index (χ1) is 5.66. The van der Waals surface area contributed by atoms with Crippen LogP contribution in [-0.4, -0.2) is 6.43 Å². The van der Waals surface area contributed by atoms with Crippen LogP contribution in [0.15, 0.2) is 11.4 Å². The van der Waals surface area contributed by atoms with Crippen LogP contribution in [-0.2, 0) is 6.42 Å². The van der Waals surface area contributed by atoms with Crippen molar-refractivity contribution in [2.45, 2.75) is 25.8 Å². The lowest BCUT2D eigenvalue weighted by Crippen LogP contribution is -2.18. The molecule has 0 aromatic carbocycles. The lowest BCUT2D eigenvalue weighted by Gasteiger charge is -2.09. The van der Waals surface area contributed by atoms with Gasteiger partial charge in [0.05, 0.1) is 0 Å². The van der Waals surface area contributed by atoms with Gasteiger partial charge in [-0.25, -0.2) is 8.78 Å². The monoisotopic (exact) mass is 191 g/mol. The van der Waals surface area contributed by atoms with Gasteiger partial charge >= 0.3 is 0 Å². The van der Waals surface area contributed by atoms with Crippen LogP contribution < -0.4 is 5.73 Å². The average Bonchev–Trinajstić information content (AvgIpc) is 2.49. The number of alkyl halides is 2. The molecule has 0 fully saturated rings. The van der Waals surface area contributed by atoms with Gasteiger partial charge in [-0.2, -0.15) is 0 Å². The maximum Gasteiger partial charge on any atom is 0.258 e. The zero-order valence-electron chi connectivity index (χ0n) is 6.76. The summed E-state index contributed by atoms with van der Waals surface area (Å²) in [4.78, 5) is 0.618. The maximum absolute atomic E-state index is 12.2. The lowest BCUT2D eigenvalue weighted by molar-refractivity contribution is 0.117. The van der Waals surface area contributed by atoms with E-state index in [1.54, 1.807) is 5.38 Å². The van der Waals surface area contributed by atoms with E-state index in [1.807, 2.05) is 13.0 Å². The van der Waals surface area contributed by atoms with Crippen molar-refractivity contribution in [2.24, 2.45) is 5.73 Å². The molecule has 1 heterocycles. The molecule has 1 rings (SSSR count). The first-order valence-electron chi connectivity index (χ1n) is 3.76. The summed E-state index contributed by atoms with van der Waals surface area (Å²) in [5.41, 5.74) is 6.26. The molecule has 1 aromatic rings. The van der Waals surface area contributed by atoms with E-state index in [2.05, 4.69) is 0 Å². The molecule has 0 bridgehead atoms. The molecule has 2 N–H and O–H groups in total. The molecular weight excluding hydrogens is 180 g/mol. The van der Waals surface area contributed by atoms with Crippen LogP contribution in [0.4, 0.5) is 8.78 Å².